The van der Waals surface area contributed by atoms with Crippen LogP contribution in [0.1, 0.15) is 29.1 Å². The summed E-state index contributed by atoms with van der Waals surface area (Å²) >= 11 is 7.88. The van der Waals surface area contributed by atoms with E-state index in [1.807, 2.05) is 23.5 Å². The second kappa shape index (κ2) is 5.00. The molecule has 18 heavy (non-hydrogen) atoms. The lowest BCUT2D eigenvalue weighted by molar-refractivity contribution is 0.189. The summed E-state index contributed by atoms with van der Waals surface area (Å²) < 4.78 is 0. The molecule has 0 spiro atoms. The standard InChI is InChI=1S/C14H15ClN2S/c1-10-13-4-7-18-14(13)3-6-17(10)9-12-8-11(15)2-5-16-12/h2,4-5,7-8,10H,3,6,9H2,1H3. The van der Waals surface area contributed by atoms with Crippen molar-refractivity contribution in [1.29, 1.82) is 0 Å². The van der Waals surface area contributed by atoms with E-state index < -0.39 is 0 Å². The quantitative estimate of drug-likeness (QED) is 0.828. The summed E-state index contributed by atoms with van der Waals surface area (Å²) in [6, 6.07) is 6.50. The smallest absolute Gasteiger partial charge is 0.0558 e. The van der Waals surface area contributed by atoms with E-state index in [9.17, 15) is 0 Å². The fourth-order valence-corrected chi connectivity index (χ4v) is 3.67. The molecule has 3 heterocycles. The minimum absolute atomic E-state index is 0.473. The highest BCUT2D eigenvalue weighted by Gasteiger charge is 2.24. The molecule has 0 radical (unpaired) electrons. The maximum Gasteiger partial charge on any atom is 0.0558 e. The average Bonchev–Trinajstić information content (AvgIpc) is 2.82. The largest absolute Gasteiger partial charge is 0.290 e. The molecular formula is C14H15ClN2S. The molecule has 0 amide bonds. The van der Waals surface area contributed by atoms with Gasteiger partial charge in [0.2, 0.25) is 0 Å². The molecule has 94 valence electrons. The summed E-state index contributed by atoms with van der Waals surface area (Å²) in [7, 11) is 0. The minimum atomic E-state index is 0.473. The fraction of sp³-hybridized carbons (Fsp3) is 0.357. The van der Waals surface area contributed by atoms with Gasteiger partial charge in [0.15, 0.2) is 0 Å². The molecule has 1 aliphatic heterocycles. The highest BCUT2D eigenvalue weighted by Crippen LogP contribution is 2.33. The predicted molar refractivity (Wildman–Crippen MR) is 76.1 cm³/mol. The summed E-state index contributed by atoms with van der Waals surface area (Å²) in [5.41, 5.74) is 2.53. The number of aromatic nitrogens is 1. The normalized spacial score (nSPS) is 19.8. The van der Waals surface area contributed by atoms with Crippen LogP contribution in [0.2, 0.25) is 5.02 Å². The number of nitrogens with zero attached hydrogens (tertiary/aromatic N) is 2. The zero-order chi connectivity index (χ0) is 12.5. The first-order chi connectivity index (χ1) is 8.74. The van der Waals surface area contributed by atoms with Gasteiger partial charge in [-0.15, -0.1) is 11.3 Å². The van der Waals surface area contributed by atoms with Crippen LogP contribution in [0.25, 0.3) is 0 Å². The fourth-order valence-electron chi connectivity index (χ4n) is 2.52. The SMILES string of the molecule is CC1c2ccsc2CCN1Cc1cc(Cl)ccn1. The molecule has 0 bridgehead atoms. The Labute approximate surface area is 116 Å². The van der Waals surface area contributed by atoms with Crippen LogP contribution in [0.3, 0.4) is 0 Å². The van der Waals surface area contributed by atoms with Crippen LogP contribution in [0, 0.1) is 0 Å². The molecule has 2 aromatic rings. The number of hydrogen-bond donors (Lipinski definition) is 0. The minimum Gasteiger partial charge on any atom is -0.290 e. The molecule has 0 aromatic carbocycles. The third-order valence-corrected chi connectivity index (χ3v) is 4.78. The summed E-state index contributed by atoms with van der Waals surface area (Å²) in [6.07, 6.45) is 2.93. The summed E-state index contributed by atoms with van der Waals surface area (Å²) in [4.78, 5) is 8.39. The number of hydrogen-bond acceptors (Lipinski definition) is 3. The van der Waals surface area contributed by atoms with Crippen molar-refractivity contribution in [3.63, 3.8) is 0 Å². The van der Waals surface area contributed by atoms with Gasteiger partial charge in [0, 0.05) is 35.2 Å². The average molecular weight is 279 g/mol. The van der Waals surface area contributed by atoms with Crippen LogP contribution in [0.15, 0.2) is 29.8 Å². The van der Waals surface area contributed by atoms with Crippen molar-refractivity contribution in [2.24, 2.45) is 0 Å². The van der Waals surface area contributed by atoms with Crippen molar-refractivity contribution in [2.45, 2.75) is 25.9 Å². The molecule has 4 heteroatoms. The molecule has 0 fully saturated rings. The van der Waals surface area contributed by atoms with E-state index in [1.165, 1.54) is 10.4 Å². The Morgan fingerprint density at radius 3 is 3.22 bits per heavy atom. The lowest BCUT2D eigenvalue weighted by atomic mass is 10.0. The number of rotatable bonds is 2. The number of thiophene rings is 1. The Morgan fingerprint density at radius 2 is 2.39 bits per heavy atom. The van der Waals surface area contributed by atoms with Crippen LogP contribution < -0.4 is 0 Å². The molecule has 0 saturated heterocycles. The molecule has 2 nitrogen and oxygen atoms in total. The van der Waals surface area contributed by atoms with Crippen LogP contribution in [0.5, 0.6) is 0 Å². The van der Waals surface area contributed by atoms with E-state index in [0.29, 0.717) is 6.04 Å². The Balaban J connectivity index is 1.79. The highest BCUT2D eigenvalue weighted by molar-refractivity contribution is 7.10. The molecule has 1 unspecified atom stereocenters. The molecule has 0 saturated carbocycles. The van der Waals surface area contributed by atoms with Crippen molar-refractivity contribution in [3.8, 4) is 0 Å². The van der Waals surface area contributed by atoms with E-state index in [1.54, 1.807) is 6.20 Å². The van der Waals surface area contributed by atoms with E-state index >= 15 is 0 Å². The molecule has 1 atom stereocenters. The first-order valence-corrected chi connectivity index (χ1v) is 7.40. The molecular weight excluding hydrogens is 264 g/mol. The number of pyridine rings is 1. The van der Waals surface area contributed by atoms with Crippen molar-refractivity contribution in [2.75, 3.05) is 6.54 Å². The third kappa shape index (κ3) is 2.30. The highest BCUT2D eigenvalue weighted by atomic mass is 35.5. The molecule has 1 aliphatic rings. The zero-order valence-corrected chi connectivity index (χ0v) is 11.8. The zero-order valence-electron chi connectivity index (χ0n) is 10.3. The Hall–Kier alpha value is -0.900. The maximum atomic E-state index is 6.01. The van der Waals surface area contributed by atoms with Crippen LogP contribution in [0.4, 0.5) is 0 Å². The molecule has 0 aliphatic carbocycles. The van der Waals surface area contributed by atoms with Gasteiger partial charge in [-0.25, -0.2) is 0 Å². The second-order valence-electron chi connectivity index (χ2n) is 4.66. The monoisotopic (exact) mass is 278 g/mol. The lowest BCUT2D eigenvalue weighted by Crippen LogP contribution is -2.32. The van der Waals surface area contributed by atoms with Crippen LogP contribution in [-0.4, -0.2) is 16.4 Å². The van der Waals surface area contributed by atoms with E-state index in [-0.39, 0.29) is 0 Å². The van der Waals surface area contributed by atoms with Gasteiger partial charge >= 0.3 is 0 Å². The van der Waals surface area contributed by atoms with Gasteiger partial charge in [-0.1, -0.05) is 11.6 Å². The van der Waals surface area contributed by atoms with Crippen LogP contribution in [-0.2, 0) is 13.0 Å². The van der Waals surface area contributed by atoms with E-state index in [2.05, 4.69) is 28.3 Å². The van der Waals surface area contributed by atoms with Gasteiger partial charge < -0.3 is 0 Å². The van der Waals surface area contributed by atoms with Gasteiger partial charge in [0.1, 0.15) is 0 Å². The first-order valence-electron chi connectivity index (χ1n) is 6.15. The van der Waals surface area contributed by atoms with Crippen molar-refractivity contribution in [1.82, 2.24) is 9.88 Å². The van der Waals surface area contributed by atoms with Crippen LogP contribution >= 0.6 is 22.9 Å². The first kappa shape index (κ1) is 12.2. The van der Waals surface area contributed by atoms with Crippen molar-refractivity contribution < 1.29 is 0 Å². The molecule has 2 aromatic heterocycles. The topological polar surface area (TPSA) is 16.1 Å². The van der Waals surface area contributed by atoms with Gasteiger partial charge in [0.05, 0.1) is 5.69 Å². The van der Waals surface area contributed by atoms with Crippen molar-refractivity contribution >= 4 is 22.9 Å². The van der Waals surface area contributed by atoms with Gasteiger partial charge in [0.25, 0.3) is 0 Å². The Bertz CT molecular complexity index is 552. The lowest BCUT2D eigenvalue weighted by Gasteiger charge is -2.33. The van der Waals surface area contributed by atoms with Gasteiger partial charge in [-0.3, -0.25) is 9.88 Å². The summed E-state index contributed by atoms with van der Waals surface area (Å²) in [5.74, 6) is 0. The molecule has 0 N–H and O–H groups in total. The van der Waals surface area contributed by atoms with Gasteiger partial charge in [-0.2, -0.15) is 0 Å². The molecule has 3 rings (SSSR count). The number of fused-ring (bicyclic) bond motifs is 1. The summed E-state index contributed by atoms with van der Waals surface area (Å²) in [6.45, 7) is 4.25. The summed E-state index contributed by atoms with van der Waals surface area (Å²) in [5, 5.41) is 2.96. The maximum absolute atomic E-state index is 6.01. The van der Waals surface area contributed by atoms with E-state index in [0.717, 1.165) is 30.2 Å². The second-order valence-corrected chi connectivity index (χ2v) is 6.10. The number of halogens is 1. The van der Waals surface area contributed by atoms with E-state index in [4.69, 9.17) is 11.6 Å². The van der Waals surface area contributed by atoms with Gasteiger partial charge in [-0.05, 0) is 42.5 Å². The Kier molecular flexibility index (Phi) is 3.37. The predicted octanol–water partition coefficient (Wildman–Crippen LogP) is 3.92. The third-order valence-electron chi connectivity index (χ3n) is 3.55. The van der Waals surface area contributed by atoms with Crippen molar-refractivity contribution in [3.05, 3.63) is 50.9 Å². The Morgan fingerprint density at radius 1 is 1.50 bits per heavy atom.